The molecule has 2 heterocycles. The highest BCUT2D eigenvalue weighted by molar-refractivity contribution is 5.70. The third kappa shape index (κ3) is 31.1. The van der Waals surface area contributed by atoms with Gasteiger partial charge in [0.05, 0.1) is 19.8 Å². The number of esters is 2. The first-order valence-corrected chi connectivity index (χ1v) is 28.9. The Kier molecular flexibility index (Phi) is 40.5. The van der Waals surface area contributed by atoms with Crippen LogP contribution < -0.4 is 0 Å². The Balaban J connectivity index is 1.74. The molecule has 2 aliphatic rings. The third-order valence-electron chi connectivity index (χ3n) is 14.0. The van der Waals surface area contributed by atoms with E-state index < -0.39 is 92.7 Å². The molecule has 72 heavy (non-hydrogen) atoms. The Morgan fingerprint density at radius 3 is 1.32 bits per heavy atom. The van der Waals surface area contributed by atoms with Gasteiger partial charge in [-0.05, 0) is 51.4 Å². The first-order valence-electron chi connectivity index (χ1n) is 28.9. The van der Waals surface area contributed by atoms with E-state index >= 15 is 0 Å². The lowest BCUT2D eigenvalue weighted by Gasteiger charge is -2.42. The molecule has 0 spiro atoms. The number of carbonyl (C=O) groups is 2. The molecule has 2 saturated heterocycles. The van der Waals surface area contributed by atoms with Gasteiger partial charge in [-0.25, -0.2) is 0 Å². The standard InChI is InChI=1S/C57H104O15/c1-3-5-7-9-11-13-15-17-19-20-21-22-23-24-26-28-30-32-34-36-38-40-49(60)70-45(42-67-48(59)39-37-35-33-31-29-27-25-18-16-14-12-10-8-6-4-2)43-68-56-55(66)53(64)51(62)47(72-56)44-69-57-54(65)52(63)50(61)46(41-58)71-57/h4,17,19,45-47,50-58,61-66H,2-3,5-16,18,20-44H2,1H3/b19-17+/t45-,46+,47+,50-,51-,52?,53?,54?,55?,56+,57+/m1/s1. The van der Waals surface area contributed by atoms with Crippen molar-refractivity contribution in [2.45, 2.75) is 299 Å². The van der Waals surface area contributed by atoms with Crippen LogP contribution in [0, 0.1) is 0 Å². The van der Waals surface area contributed by atoms with Gasteiger partial charge in [-0.3, -0.25) is 9.59 Å². The highest BCUT2D eigenvalue weighted by Gasteiger charge is 2.47. The van der Waals surface area contributed by atoms with Gasteiger partial charge in [0.25, 0.3) is 0 Å². The molecular weight excluding hydrogens is 925 g/mol. The fraction of sp³-hybridized carbons (Fsp3) is 0.895. The van der Waals surface area contributed by atoms with Crippen molar-refractivity contribution in [2.24, 2.45) is 0 Å². The van der Waals surface area contributed by atoms with Gasteiger partial charge in [0.2, 0.25) is 0 Å². The van der Waals surface area contributed by atoms with E-state index in [0.29, 0.717) is 12.8 Å². The summed E-state index contributed by atoms with van der Waals surface area (Å²) in [5, 5.41) is 72.2. The van der Waals surface area contributed by atoms with Gasteiger partial charge in [-0.15, -0.1) is 6.58 Å². The van der Waals surface area contributed by atoms with Crippen molar-refractivity contribution in [3.8, 4) is 0 Å². The van der Waals surface area contributed by atoms with Crippen LogP contribution in [0.25, 0.3) is 0 Å². The van der Waals surface area contributed by atoms with Gasteiger partial charge >= 0.3 is 11.9 Å². The molecule has 2 rings (SSSR count). The summed E-state index contributed by atoms with van der Waals surface area (Å²) in [6.07, 6.45) is 29.5. The number of hydrogen-bond acceptors (Lipinski definition) is 15. The van der Waals surface area contributed by atoms with Crippen molar-refractivity contribution >= 4 is 11.9 Å². The summed E-state index contributed by atoms with van der Waals surface area (Å²) >= 11 is 0. The number of carbonyl (C=O) groups excluding carboxylic acids is 2. The number of allylic oxidation sites excluding steroid dienone is 3. The molecular formula is C57H104O15. The number of unbranched alkanes of at least 4 members (excludes halogenated alkanes) is 30. The molecule has 422 valence electrons. The van der Waals surface area contributed by atoms with Crippen molar-refractivity contribution in [2.75, 3.05) is 26.4 Å². The van der Waals surface area contributed by atoms with E-state index in [4.69, 9.17) is 28.4 Å². The molecule has 2 fully saturated rings. The Morgan fingerprint density at radius 1 is 0.472 bits per heavy atom. The van der Waals surface area contributed by atoms with Crippen molar-refractivity contribution in [3.05, 3.63) is 24.8 Å². The predicted octanol–water partition coefficient (Wildman–Crippen LogP) is 9.50. The van der Waals surface area contributed by atoms with Gasteiger partial charge in [0, 0.05) is 12.8 Å². The topological polar surface area (TPSA) is 231 Å². The molecule has 2 aliphatic heterocycles. The number of rotatable bonds is 47. The lowest BCUT2D eigenvalue weighted by atomic mass is 9.98. The van der Waals surface area contributed by atoms with E-state index in [1.165, 1.54) is 154 Å². The van der Waals surface area contributed by atoms with E-state index in [0.717, 1.165) is 44.9 Å². The molecule has 0 aromatic carbocycles. The predicted molar refractivity (Wildman–Crippen MR) is 280 cm³/mol. The Bertz CT molecular complexity index is 1330. The highest BCUT2D eigenvalue weighted by atomic mass is 16.7. The summed E-state index contributed by atoms with van der Waals surface area (Å²) in [7, 11) is 0. The van der Waals surface area contributed by atoms with E-state index in [1.54, 1.807) is 0 Å². The summed E-state index contributed by atoms with van der Waals surface area (Å²) < 4.78 is 33.7. The zero-order chi connectivity index (χ0) is 52.4. The van der Waals surface area contributed by atoms with Crippen LogP contribution in [0.15, 0.2) is 24.8 Å². The summed E-state index contributed by atoms with van der Waals surface area (Å²) in [5.41, 5.74) is 0. The Hall–Kier alpha value is -2.02. The molecule has 15 heteroatoms. The van der Waals surface area contributed by atoms with Crippen molar-refractivity contribution < 1.29 is 73.8 Å². The van der Waals surface area contributed by atoms with Crippen LogP contribution in [-0.4, -0.2) is 142 Å². The van der Waals surface area contributed by atoms with Crippen LogP contribution in [-0.2, 0) is 38.0 Å². The maximum Gasteiger partial charge on any atom is 0.306 e. The maximum atomic E-state index is 13.1. The minimum atomic E-state index is -1.76. The molecule has 0 aromatic heterocycles. The fourth-order valence-corrected chi connectivity index (χ4v) is 9.31. The fourth-order valence-electron chi connectivity index (χ4n) is 9.31. The molecule has 4 unspecified atom stereocenters. The molecule has 0 aliphatic carbocycles. The highest BCUT2D eigenvalue weighted by Crippen LogP contribution is 2.27. The zero-order valence-electron chi connectivity index (χ0n) is 44.8. The summed E-state index contributed by atoms with van der Waals surface area (Å²) in [5.74, 6) is -0.918. The lowest BCUT2D eigenvalue weighted by Crippen LogP contribution is -2.61. The monoisotopic (exact) mass is 1030 g/mol. The molecule has 15 nitrogen and oxygen atoms in total. The number of aliphatic hydroxyl groups is 7. The smallest absolute Gasteiger partial charge is 0.306 e. The first kappa shape index (κ1) is 66.1. The molecule has 0 saturated carbocycles. The average Bonchev–Trinajstić information content (AvgIpc) is 3.37. The largest absolute Gasteiger partial charge is 0.462 e. The van der Waals surface area contributed by atoms with E-state index in [9.17, 15) is 45.3 Å². The Morgan fingerprint density at radius 2 is 0.861 bits per heavy atom. The molecule has 0 aromatic rings. The lowest BCUT2D eigenvalue weighted by molar-refractivity contribution is -0.332. The van der Waals surface area contributed by atoms with Crippen LogP contribution in [0.3, 0.4) is 0 Å². The molecule has 7 N–H and O–H groups in total. The van der Waals surface area contributed by atoms with Crippen molar-refractivity contribution in [3.63, 3.8) is 0 Å². The first-order chi connectivity index (χ1) is 35.0. The van der Waals surface area contributed by atoms with Gasteiger partial charge in [0.1, 0.15) is 55.4 Å². The minimum Gasteiger partial charge on any atom is -0.462 e. The second kappa shape index (κ2) is 44.1. The molecule has 11 atom stereocenters. The van der Waals surface area contributed by atoms with Gasteiger partial charge in [-0.2, -0.15) is 0 Å². The average molecular weight is 1030 g/mol. The second-order valence-corrected chi connectivity index (χ2v) is 20.6. The summed E-state index contributed by atoms with van der Waals surface area (Å²) in [4.78, 5) is 25.9. The second-order valence-electron chi connectivity index (χ2n) is 20.6. The van der Waals surface area contributed by atoms with Crippen molar-refractivity contribution in [1.82, 2.24) is 0 Å². The number of hydrogen-bond donors (Lipinski definition) is 7. The van der Waals surface area contributed by atoms with Crippen LogP contribution in [0.4, 0.5) is 0 Å². The van der Waals surface area contributed by atoms with E-state index in [2.05, 4.69) is 25.7 Å². The SMILES string of the molecule is C=CCCCCCCCCCCCCCCCC(=O)OC[C@H](CO[C@H]1O[C@@H](CO[C@H]2O[C@@H](CO)[C@@H](O)C(O)C2O)[C@@H](O)C(O)C1O)OC(=O)CCCCCCCCCCCCC/C=C/CCCCCCCC. The Labute approximate surface area is 434 Å². The van der Waals surface area contributed by atoms with Crippen LogP contribution in [0.5, 0.6) is 0 Å². The maximum absolute atomic E-state index is 13.1. The van der Waals surface area contributed by atoms with Crippen LogP contribution in [0.2, 0.25) is 0 Å². The van der Waals surface area contributed by atoms with E-state index in [-0.39, 0.29) is 26.1 Å². The number of aliphatic hydroxyl groups excluding tert-OH is 7. The summed E-state index contributed by atoms with van der Waals surface area (Å²) in [6, 6.07) is 0. The van der Waals surface area contributed by atoms with Gasteiger partial charge in [0.15, 0.2) is 18.7 Å². The third-order valence-corrected chi connectivity index (χ3v) is 14.0. The number of ether oxygens (including phenoxy) is 6. The normalized spacial score (nSPS) is 24.9. The summed E-state index contributed by atoms with van der Waals surface area (Å²) in [6.45, 7) is 4.16. The van der Waals surface area contributed by atoms with Gasteiger partial charge < -0.3 is 64.2 Å². The minimum absolute atomic E-state index is 0.167. The quantitative estimate of drug-likeness (QED) is 0.0171. The van der Waals surface area contributed by atoms with Crippen LogP contribution >= 0.6 is 0 Å². The van der Waals surface area contributed by atoms with Crippen molar-refractivity contribution in [1.29, 1.82) is 0 Å². The molecule has 0 amide bonds. The van der Waals surface area contributed by atoms with E-state index in [1.807, 2.05) is 6.08 Å². The molecule has 0 bridgehead atoms. The zero-order valence-corrected chi connectivity index (χ0v) is 44.8. The molecule has 0 radical (unpaired) electrons. The van der Waals surface area contributed by atoms with Crippen LogP contribution in [0.1, 0.15) is 232 Å². The van der Waals surface area contributed by atoms with Gasteiger partial charge in [-0.1, -0.05) is 186 Å².